The fourth-order valence-corrected chi connectivity index (χ4v) is 1.68. The van der Waals surface area contributed by atoms with Crippen molar-refractivity contribution in [3.8, 4) is 0 Å². The smallest absolute Gasteiger partial charge is 0.280 e. The number of hydrogen-bond donors (Lipinski definition) is 0. The minimum absolute atomic E-state index is 0.0175. The molecule has 0 radical (unpaired) electrons. The molecule has 0 aliphatic carbocycles. The maximum atomic E-state index is 11.9. The zero-order chi connectivity index (χ0) is 12.7. The Kier molecular flexibility index (Phi) is 2.49. The minimum Gasteiger partial charge on any atom is -0.291 e. The first-order chi connectivity index (χ1) is 7.93. The SMILES string of the molecule is CC(=O)c1ncc2c(n1)C(=O)N(C(C)C)C2=O. The molecule has 2 heterocycles. The molecule has 1 aromatic heterocycles. The molecule has 6 heteroatoms. The van der Waals surface area contributed by atoms with Gasteiger partial charge in [-0.15, -0.1) is 0 Å². The molecule has 0 N–H and O–H groups in total. The molecular formula is C11H11N3O3. The van der Waals surface area contributed by atoms with E-state index in [0.717, 1.165) is 4.90 Å². The first kappa shape index (κ1) is 11.4. The molecule has 17 heavy (non-hydrogen) atoms. The average molecular weight is 233 g/mol. The summed E-state index contributed by atoms with van der Waals surface area (Å²) in [6.07, 6.45) is 1.24. The second kappa shape index (κ2) is 3.73. The number of Topliss-reactive ketones (excluding diaryl/α,β-unsaturated/α-hetero) is 1. The number of rotatable bonds is 2. The van der Waals surface area contributed by atoms with Gasteiger partial charge in [0.1, 0.15) is 5.69 Å². The van der Waals surface area contributed by atoms with Crippen molar-refractivity contribution < 1.29 is 14.4 Å². The van der Waals surface area contributed by atoms with Crippen LogP contribution in [0.15, 0.2) is 6.20 Å². The van der Waals surface area contributed by atoms with Crippen LogP contribution in [-0.2, 0) is 0 Å². The predicted octanol–water partition coefficient (Wildman–Crippen LogP) is 0.684. The minimum atomic E-state index is -0.468. The highest BCUT2D eigenvalue weighted by molar-refractivity contribution is 6.20. The number of amides is 2. The third kappa shape index (κ3) is 1.61. The van der Waals surface area contributed by atoms with E-state index in [4.69, 9.17) is 0 Å². The van der Waals surface area contributed by atoms with Crippen molar-refractivity contribution in [2.75, 3.05) is 0 Å². The van der Waals surface area contributed by atoms with E-state index in [2.05, 4.69) is 9.97 Å². The Morgan fingerprint density at radius 1 is 1.29 bits per heavy atom. The summed E-state index contributed by atoms with van der Waals surface area (Å²) in [5.41, 5.74) is 0.178. The van der Waals surface area contributed by atoms with Gasteiger partial charge in [-0.25, -0.2) is 9.97 Å². The van der Waals surface area contributed by atoms with Gasteiger partial charge in [-0.2, -0.15) is 0 Å². The largest absolute Gasteiger partial charge is 0.291 e. The Hall–Kier alpha value is -2.11. The van der Waals surface area contributed by atoms with Gasteiger partial charge in [0.05, 0.1) is 5.56 Å². The lowest BCUT2D eigenvalue weighted by atomic mass is 10.2. The number of fused-ring (bicyclic) bond motifs is 1. The molecule has 2 amide bonds. The van der Waals surface area contributed by atoms with Crippen LogP contribution in [0.3, 0.4) is 0 Å². The normalized spacial score (nSPS) is 14.5. The fourth-order valence-electron chi connectivity index (χ4n) is 1.68. The quantitative estimate of drug-likeness (QED) is 0.554. The second-order valence-electron chi connectivity index (χ2n) is 4.09. The average Bonchev–Trinajstić information content (AvgIpc) is 2.51. The highest BCUT2D eigenvalue weighted by Gasteiger charge is 2.39. The van der Waals surface area contributed by atoms with Gasteiger partial charge in [0.15, 0.2) is 11.6 Å². The second-order valence-corrected chi connectivity index (χ2v) is 4.09. The Morgan fingerprint density at radius 3 is 2.47 bits per heavy atom. The first-order valence-electron chi connectivity index (χ1n) is 5.19. The van der Waals surface area contributed by atoms with Gasteiger partial charge in [-0.1, -0.05) is 0 Å². The Morgan fingerprint density at radius 2 is 1.94 bits per heavy atom. The molecule has 0 saturated carbocycles. The van der Waals surface area contributed by atoms with Gasteiger partial charge in [-0.05, 0) is 13.8 Å². The first-order valence-corrected chi connectivity index (χ1v) is 5.19. The van der Waals surface area contributed by atoms with E-state index >= 15 is 0 Å². The van der Waals surface area contributed by atoms with Crippen molar-refractivity contribution in [2.24, 2.45) is 0 Å². The van der Waals surface area contributed by atoms with Gasteiger partial charge < -0.3 is 0 Å². The number of imide groups is 1. The molecule has 1 aliphatic heterocycles. The van der Waals surface area contributed by atoms with Crippen LogP contribution >= 0.6 is 0 Å². The maximum Gasteiger partial charge on any atom is 0.280 e. The van der Waals surface area contributed by atoms with Crippen molar-refractivity contribution >= 4 is 17.6 Å². The van der Waals surface area contributed by atoms with Gasteiger partial charge in [0, 0.05) is 19.2 Å². The molecule has 88 valence electrons. The van der Waals surface area contributed by atoms with Crippen molar-refractivity contribution in [3.05, 3.63) is 23.3 Å². The Balaban J connectivity index is 2.54. The van der Waals surface area contributed by atoms with Gasteiger partial charge in [0.2, 0.25) is 0 Å². The summed E-state index contributed by atoms with van der Waals surface area (Å²) in [7, 11) is 0. The highest BCUT2D eigenvalue weighted by Crippen LogP contribution is 2.22. The van der Waals surface area contributed by atoms with Crippen molar-refractivity contribution in [3.63, 3.8) is 0 Å². The number of carbonyl (C=O) groups is 3. The fraction of sp³-hybridized carbons (Fsp3) is 0.364. The Bertz CT molecular complexity index is 537. The van der Waals surface area contributed by atoms with E-state index in [9.17, 15) is 14.4 Å². The standard InChI is InChI=1S/C11H11N3O3/c1-5(2)14-10(16)7-4-12-9(6(3)15)13-8(7)11(14)17/h4-5H,1-3H3. The molecule has 0 atom stereocenters. The molecule has 0 bridgehead atoms. The molecule has 0 unspecified atom stereocenters. The highest BCUT2D eigenvalue weighted by atomic mass is 16.2. The van der Waals surface area contributed by atoms with Crippen molar-refractivity contribution in [1.82, 2.24) is 14.9 Å². The number of nitrogens with zero attached hydrogens (tertiary/aromatic N) is 3. The molecule has 0 aromatic carbocycles. The third-order valence-electron chi connectivity index (χ3n) is 2.49. The van der Waals surface area contributed by atoms with Gasteiger partial charge in [-0.3, -0.25) is 19.3 Å². The number of carbonyl (C=O) groups excluding carboxylic acids is 3. The predicted molar refractivity (Wildman–Crippen MR) is 57.7 cm³/mol. The lowest BCUT2D eigenvalue weighted by Gasteiger charge is -2.17. The lowest BCUT2D eigenvalue weighted by Crippen LogP contribution is -2.36. The topological polar surface area (TPSA) is 80.2 Å². The molecular weight excluding hydrogens is 222 g/mol. The molecule has 2 rings (SSSR count). The number of hydrogen-bond acceptors (Lipinski definition) is 5. The van der Waals surface area contributed by atoms with Crippen LogP contribution < -0.4 is 0 Å². The molecule has 0 fully saturated rings. The van der Waals surface area contributed by atoms with E-state index < -0.39 is 11.8 Å². The van der Waals surface area contributed by atoms with Crippen LogP contribution in [0.25, 0.3) is 0 Å². The van der Waals surface area contributed by atoms with E-state index in [1.165, 1.54) is 13.1 Å². The van der Waals surface area contributed by atoms with E-state index in [0.29, 0.717) is 0 Å². The van der Waals surface area contributed by atoms with Crippen molar-refractivity contribution in [1.29, 1.82) is 0 Å². The lowest BCUT2D eigenvalue weighted by molar-refractivity contribution is 0.0607. The summed E-state index contributed by atoms with van der Waals surface area (Å²) in [6.45, 7) is 4.78. The number of aromatic nitrogens is 2. The zero-order valence-electron chi connectivity index (χ0n) is 9.72. The molecule has 1 aliphatic rings. The summed E-state index contributed by atoms with van der Waals surface area (Å²) in [5, 5.41) is 0. The molecule has 0 saturated heterocycles. The van der Waals surface area contributed by atoms with Crippen LogP contribution in [-0.4, -0.2) is 38.5 Å². The summed E-state index contributed by atoms with van der Waals surface area (Å²) in [4.78, 5) is 43.6. The van der Waals surface area contributed by atoms with Crippen LogP contribution in [0.5, 0.6) is 0 Å². The summed E-state index contributed by atoms with van der Waals surface area (Å²) < 4.78 is 0. The Labute approximate surface area is 97.7 Å². The van der Waals surface area contributed by atoms with Crippen LogP contribution in [0, 0.1) is 0 Å². The molecule has 1 aromatic rings. The molecule has 6 nitrogen and oxygen atoms in total. The van der Waals surface area contributed by atoms with Gasteiger partial charge in [0.25, 0.3) is 11.8 Å². The summed E-state index contributed by atoms with van der Waals surface area (Å²) >= 11 is 0. The number of ketones is 1. The monoisotopic (exact) mass is 233 g/mol. The van der Waals surface area contributed by atoms with Crippen molar-refractivity contribution in [2.45, 2.75) is 26.8 Å². The van der Waals surface area contributed by atoms with Crippen LogP contribution in [0.4, 0.5) is 0 Å². The molecule has 0 spiro atoms. The summed E-state index contributed by atoms with van der Waals surface area (Å²) in [5.74, 6) is -1.26. The van der Waals surface area contributed by atoms with Crippen LogP contribution in [0.1, 0.15) is 52.2 Å². The van der Waals surface area contributed by atoms with E-state index in [1.807, 2.05) is 0 Å². The zero-order valence-corrected chi connectivity index (χ0v) is 9.72. The van der Waals surface area contributed by atoms with E-state index in [1.54, 1.807) is 13.8 Å². The maximum absolute atomic E-state index is 11.9. The third-order valence-corrected chi connectivity index (χ3v) is 2.49. The van der Waals surface area contributed by atoms with E-state index in [-0.39, 0.29) is 28.9 Å². The summed E-state index contributed by atoms with van der Waals surface area (Å²) in [6, 6.07) is -0.245. The van der Waals surface area contributed by atoms with Crippen LogP contribution in [0.2, 0.25) is 0 Å². The van der Waals surface area contributed by atoms with Gasteiger partial charge >= 0.3 is 0 Å².